The van der Waals surface area contributed by atoms with Gasteiger partial charge in [0.2, 0.25) is 0 Å². The Labute approximate surface area is 140 Å². The maximum absolute atomic E-state index is 8.83. The fourth-order valence-corrected chi connectivity index (χ4v) is 3.33. The lowest BCUT2D eigenvalue weighted by molar-refractivity contribution is 0.307. The molecule has 0 aliphatic rings. The van der Waals surface area contributed by atoms with Gasteiger partial charge in [0.15, 0.2) is 9.76 Å². The van der Waals surface area contributed by atoms with E-state index in [4.69, 9.17) is 14.4 Å². The molecule has 0 spiro atoms. The Morgan fingerprint density at radius 2 is 1.61 bits per heavy atom. The molecule has 0 radical (unpaired) electrons. The van der Waals surface area contributed by atoms with Gasteiger partial charge in [-0.15, -0.1) is 0 Å². The van der Waals surface area contributed by atoms with Crippen molar-refractivity contribution in [3.05, 3.63) is 54.1 Å². The Morgan fingerprint density at radius 3 is 2.22 bits per heavy atom. The van der Waals surface area contributed by atoms with Crippen molar-refractivity contribution in [2.75, 3.05) is 13.2 Å². The van der Waals surface area contributed by atoms with Crippen molar-refractivity contribution >= 4 is 9.76 Å². The largest absolute Gasteiger partial charge is 0.494 e. The number of ether oxygens (including phenoxy) is 1. The van der Waals surface area contributed by atoms with Gasteiger partial charge in [-0.2, -0.15) is 5.26 Å². The van der Waals surface area contributed by atoms with E-state index in [0.717, 1.165) is 42.9 Å². The van der Waals surface area contributed by atoms with E-state index in [1.54, 1.807) is 0 Å². The zero-order valence-electron chi connectivity index (χ0n) is 13.6. The van der Waals surface area contributed by atoms with E-state index >= 15 is 0 Å². The number of rotatable bonds is 9. The number of hydrogen-bond donors (Lipinski definition) is 0. The van der Waals surface area contributed by atoms with Crippen molar-refractivity contribution in [1.82, 2.24) is 0 Å². The second kappa shape index (κ2) is 9.83. The topological polar surface area (TPSA) is 42.2 Å². The summed E-state index contributed by atoms with van der Waals surface area (Å²) in [6.07, 6.45) is 2.17. The van der Waals surface area contributed by atoms with Crippen molar-refractivity contribution in [3.63, 3.8) is 0 Å². The van der Waals surface area contributed by atoms with Gasteiger partial charge in [-0.05, 0) is 54.3 Å². The summed E-state index contributed by atoms with van der Waals surface area (Å²) >= 11 is 0. The minimum absolute atomic E-state index is 0.350. The zero-order chi connectivity index (χ0) is 16.3. The second-order valence-corrected chi connectivity index (χ2v) is 6.91. The van der Waals surface area contributed by atoms with Gasteiger partial charge < -0.3 is 9.16 Å². The average Bonchev–Trinajstić information content (AvgIpc) is 2.61. The molecule has 0 aromatic heterocycles. The van der Waals surface area contributed by atoms with Gasteiger partial charge in [0.1, 0.15) is 5.75 Å². The molecule has 0 atom stereocenters. The zero-order valence-corrected chi connectivity index (χ0v) is 15.0. The van der Waals surface area contributed by atoms with E-state index in [9.17, 15) is 0 Å². The van der Waals surface area contributed by atoms with E-state index in [-0.39, 0.29) is 9.76 Å². The van der Waals surface area contributed by atoms with Crippen LogP contribution in [0.1, 0.15) is 25.3 Å². The number of nitriles is 1. The van der Waals surface area contributed by atoms with Crippen LogP contribution in [0.15, 0.2) is 48.5 Å². The lowest BCUT2D eigenvalue weighted by Gasteiger charge is -2.08. The fourth-order valence-electron chi connectivity index (χ4n) is 2.22. The van der Waals surface area contributed by atoms with Gasteiger partial charge in [0, 0.05) is 6.61 Å². The lowest BCUT2D eigenvalue weighted by Crippen LogP contribution is -2.03. The van der Waals surface area contributed by atoms with Crippen LogP contribution in [0.3, 0.4) is 0 Å². The number of benzene rings is 2. The van der Waals surface area contributed by atoms with Crippen LogP contribution in [0.4, 0.5) is 0 Å². The highest BCUT2D eigenvalue weighted by molar-refractivity contribution is 6.26. The molecule has 0 N–H and O–H groups in total. The maximum atomic E-state index is 8.83. The first-order chi connectivity index (χ1) is 11.3. The Morgan fingerprint density at radius 1 is 0.957 bits per heavy atom. The normalized spacial score (nSPS) is 10.8. The summed E-state index contributed by atoms with van der Waals surface area (Å²) in [5.41, 5.74) is 2.91. The predicted octanol–water partition coefficient (Wildman–Crippen LogP) is 3.92. The van der Waals surface area contributed by atoms with Crippen LogP contribution in [0.25, 0.3) is 11.1 Å². The average molecular weight is 325 g/mol. The number of nitrogens with zero attached hydrogens (tertiary/aromatic N) is 1. The van der Waals surface area contributed by atoms with E-state index in [2.05, 4.69) is 25.1 Å². The molecular weight excluding hydrogens is 302 g/mol. The fraction of sp³-hybridized carbons (Fsp3) is 0.316. The van der Waals surface area contributed by atoms with Crippen LogP contribution < -0.4 is 4.74 Å². The molecule has 0 unspecified atom stereocenters. The monoisotopic (exact) mass is 325 g/mol. The number of hydrogen-bond acceptors (Lipinski definition) is 3. The Balaban J connectivity index is 1.77. The van der Waals surface area contributed by atoms with Crippen molar-refractivity contribution in [1.29, 1.82) is 5.26 Å². The second-order valence-electron chi connectivity index (χ2n) is 5.38. The summed E-state index contributed by atoms with van der Waals surface area (Å²) < 4.78 is 11.3. The quantitative estimate of drug-likeness (QED) is 0.518. The van der Waals surface area contributed by atoms with Crippen molar-refractivity contribution in [2.24, 2.45) is 0 Å². The molecule has 0 heterocycles. The molecule has 23 heavy (non-hydrogen) atoms. The van der Waals surface area contributed by atoms with Crippen LogP contribution >= 0.6 is 0 Å². The van der Waals surface area contributed by atoms with Crippen LogP contribution in [0.5, 0.6) is 5.75 Å². The molecule has 0 saturated carbocycles. The molecule has 0 fully saturated rings. The van der Waals surface area contributed by atoms with Gasteiger partial charge in [-0.3, -0.25) is 0 Å². The molecule has 0 aliphatic heterocycles. The first-order valence-electron chi connectivity index (χ1n) is 8.14. The van der Waals surface area contributed by atoms with Crippen molar-refractivity contribution in [3.8, 4) is 22.9 Å². The van der Waals surface area contributed by atoms with E-state index < -0.39 is 0 Å². The Kier molecular flexibility index (Phi) is 7.38. The molecule has 2 aromatic rings. The molecule has 3 nitrogen and oxygen atoms in total. The Bertz CT molecular complexity index is 617. The van der Waals surface area contributed by atoms with Gasteiger partial charge >= 0.3 is 0 Å². The van der Waals surface area contributed by atoms with Crippen molar-refractivity contribution in [2.45, 2.75) is 25.8 Å². The first kappa shape index (κ1) is 17.3. The van der Waals surface area contributed by atoms with Crippen LogP contribution in [0, 0.1) is 11.3 Å². The highest BCUT2D eigenvalue weighted by Gasteiger charge is 2.00. The molecular formula is C19H23NO2Si. The highest BCUT2D eigenvalue weighted by Crippen LogP contribution is 2.22. The van der Waals surface area contributed by atoms with E-state index in [0.29, 0.717) is 5.56 Å². The summed E-state index contributed by atoms with van der Waals surface area (Å²) in [6.45, 7) is 3.79. The third-order valence-corrected chi connectivity index (χ3v) is 4.87. The maximum Gasteiger partial charge on any atom is 0.161 e. The molecule has 0 aliphatic carbocycles. The third-order valence-electron chi connectivity index (χ3n) is 3.50. The molecule has 2 rings (SSSR count). The Hall–Kier alpha value is -2.09. The molecule has 0 bridgehead atoms. The lowest BCUT2D eigenvalue weighted by atomic mass is 10.0. The molecule has 2 aromatic carbocycles. The highest BCUT2D eigenvalue weighted by atomic mass is 28.2. The predicted molar refractivity (Wildman–Crippen MR) is 96.3 cm³/mol. The van der Waals surface area contributed by atoms with Crippen molar-refractivity contribution < 1.29 is 9.16 Å². The van der Waals surface area contributed by atoms with E-state index in [1.807, 2.05) is 36.4 Å². The summed E-state index contributed by atoms with van der Waals surface area (Å²) in [7, 11) is -0.350. The summed E-state index contributed by atoms with van der Waals surface area (Å²) in [5, 5.41) is 8.83. The van der Waals surface area contributed by atoms with Gasteiger partial charge in [-0.1, -0.05) is 31.2 Å². The minimum atomic E-state index is -0.350. The summed E-state index contributed by atoms with van der Waals surface area (Å²) in [5.74, 6) is 0.901. The standard InChI is InChI=1S/C19H23NO2Si/c1-2-12-22-23-14-3-13-21-19-10-8-18(9-11-19)17-6-4-16(15-20)5-7-17/h4-11H,2-3,12-14,23H2,1H3. The third kappa shape index (κ3) is 5.89. The smallest absolute Gasteiger partial charge is 0.161 e. The molecule has 4 heteroatoms. The summed E-state index contributed by atoms with van der Waals surface area (Å²) in [6, 6.07) is 19.0. The van der Waals surface area contributed by atoms with Gasteiger partial charge in [0.05, 0.1) is 18.2 Å². The molecule has 0 amide bonds. The van der Waals surface area contributed by atoms with Gasteiger partial charge in [-0.25, -0.2) is 0 Å². The van der Waals surface area contributed by atoms with Crippen LogP contribution in [-0.2, 0) is 4.43 Å². The van der Waals surface area contributed by atoms with Gasteiger partial charge in [0.25, 0.3) is 0 Å². The first-order valence-corrected chi connectivity index (χ1v) is 9.72. The van der Waals surface area contributed by atoms with Crippen LogP contribution in [0.2, 0.25) is 6.04 Å². The minimum Gasteiger partial charge on any atom is -0.494 e. The van der Waals surface area contributed by atoms with E-state index in [1.165, 1.54) is 6.04 Å². The summed E-state index contributed by atoms with van der Waals surface area (Å²) in [4.78, 5) is 0. The molecule has 120 valence electrons. The SMILES string of the molecule is CCCO[SiH2]CCCOc1ccc(-c2ccc(C#N)cc2)cc1. The van der Waals surface area contributed by atoms with Crippen LogP contribution in [-0.4, -0.2) is 23.0 Å². The molecule has 0 saturated heterocycles.